The second-order valence-electron chi connectivity index (χ2n) is 6.47. The summed E-state index contributed by atoms with van der Waals surface area (Å²) >= 11 is 0. The summed E-state index contributed by atoms with van der Waals surface area (Å²) in [4.78, 5) is 16.9. The van der Waals surface area contributed by atoms with Crippen molar-refractivity contribution < 1.29 is 14.3 Å². The molecule has 1 aromatic heterocycles. The molecule has 2 aromatic carbocycles. The molecule has 3 rings (SSSR count). The Morgan fingerprint density at radius 2 is 1.75 bits per heavy atom. The quantitative estimate of drug-likeness (QED) is 0.627. The van der Waals surface area contributed by atoms with E-state index in [1.165, 1.54) is 11.1 Å². The molecule has 0 saturated heterocycles. The number of nitrogens with zero attached hydrogens (tertiary/aromatic N) is 2. The van der Waals surface area contributed by atoms with Crippen molar-refractivity contribution in [3.63, 3.8) is 0 Å². The lowest BCUT2D eigenvalue weighted by molar-refractivity contribution is 0.0953. The number of amides is 1. The number of nitrogens with one attached hydrogen (secondary N) is 2. The third-order valence-corrected chi connectivity index (χ3v) is 4.32. The Kier molecular flexibility index (Phi) is 6.26. The predicted molar refractivity (Wildman–Crippen MR) is 106 cm³/mol. The van der Waals surface area contributed by atoms with Crippen LogP contribution >= 0.6 is 0 Å². The molecule has 0 atom stereocenters. The molecule has 3 aromatic rings. The summed E-state index contributed by atoms with van der Waals surface area (Å²) in [6.45, 7) is 2.49. The van der Waals surface area contributed by atoms with Gasteiger partial charge in [-0.05, 0) is 24.6 Å². The summed E-state index contributed by atoms with van der Waals surface area (Å²) < 4.78 is 10.4. The van der Waals surface area contributed by atoms with Gasteiger partial charge in [0.2, 0.25) is 0 Å². The highest BCUT2D eigenvalue weighted by Gasteiger charge is 2.10. The van der Waals surface area contributed by atoms with Gasteiger partial charge in [-0.15, -0.1) is 0 Å². The van der Waals surface area contributed by atoms with Crippen LogP contribution < -0.4 is 14.8 Å². The minimum Gasteiger partial charge on any atom is -0.497 e. The molecule has 7 heteroatoms. The zero-order valence-electron chi connectivity index (χ0n) is 16.3. The second kappa shape index (κ2) is 9.03. The molecule has 0 saturated carbocycles. The van der Waals surface area contributed by atoms with Crippen LogP contribution in [0.4, 0.5) is 0 Å². The van der Waals surface area contributed by atoms with Gasteiger partial charge in [0, 0.05) is 31.0 Å². The van der Waals surface area contributed by atoms with Crippen LogP contribution in [0.5, 0.6) is 11.5 Å². The summed E-state index contributed by atoms with van der Waals surface area (Å²) in [5.41, 5.74) is 2.88. The van der Waals surface area contributed by atoms with E-state index < -0.39 is 0 Å². The smallest absolute Gasteiger partial charge is 0.251 e. The Morgan fingerprint density at radius 1 is 1.07 bits per heavy atom. The van der Waals surface area contributed by atoms with Gasteiger partial charge in [-0.2, -0.15) is 5.10 Å². The molecule has 1 heterocycles. The zero-order valence-corrected chi connectivity index (χ0v) is 16.3. The SMILES string of the molecule is COc1cc(OC)cc(C(=O)NCCc2n[nH]c(Cc3ccc(C)cc3)n2)c1. The molecule has 0 fully saturated rings. The fraction of sp³-hybridized carbons (Fsp3) is 0.286. The van der Waals surface area contributed by atoms with Gasteiger partial charge in [0.15, 0.2) is 5.82 Å². The number of H-pyrrole nitrogens is 1. The molecule has 0 aliphatic carbocycles. The minimum atomic E-state index is -0.201. The maximum Gasteiger partial charge on any atom is 0.251 e. The van der Waals surface area contributed by atoms with Crippen LogP contribution in [0.3, 0.4) is 0 Å². The zero-order chi connectivity index (χ0) is 19.9. The Labute approximate surface area is 164 Å². The highest BCUT2D eigenvalue weighted by Crippen LogP contribution is 2.22. The van der Waals surface area contributed by atoms with Crippen LogP contribution in [0.1, 0.15) is 33.1 Å². The number of carbonyl (C=O) groups excluding carboxylic acids is 1. The monoisotopic (exact) mass is 380 g/mol. The van der Waals surface area contributed by atoms with Gasteiger partial charge < -0.3 is 14.8 Å². The normalized spacial score (nSPS) is 10.5. The van der Waals surface area contributed by atoms with Gasteiger partial charge in [-0.1, -0.05) is 29.8 Å². The van der Waals surface area contributed by atoms with Gasteiger partial charge in [-0.3, -0.25) is 9.89 Å². The first kappa shape index (κ1) is 19.4. The molecular weight excluding hydrogens is 356 g/mol. The average molecular weight is 380 g/mol. The van der Waals surface area contributed by atoms with Crippen LogP contribution in [0.2, 0.25) is 0 Å². The third kappa shape index (κ3) is 5.09. The fourth-order valence-electron chi connectivity index (χ4n) is 2.75. The molecular formula is C21H24N4O3. The van der Waals surface area contributed by atoms with Crippen LogP contribution in [0.15, 0.2) is 42.5 Å². The van der Waals surface area contributed by atoms with E-state index in [0.29, 0.717) is 42.3 Å². The molecule has 0 radical (unpaired) electrons. The Morgan fingerprint density at radius 3 is 2.39 bits per heavy atom. The number of ether oxygens (including phenoxy) is 2. The van der Waals surface area contributed by atoms with E-state index in [2.05, 4.69) is 51.7 Å². The van der Waals surface area contributed by atoms with Crippen molar-refractivity contribution in [3.05, 3.63) is 70.8 Å². The molecule has 0 bridgehead atoms. The third-order valence-electron chi connectivity index (χ3n) is 4.32. The summed E-state index contributed by atoms with van der Waals surface area (Å²) in [5.74, 6) is 2.42. The van der Waals surface area contributed by atoms with Crippen LogP contribution in [0, 0.1) is 6.92 Å². The van der Waals surface area contributed by atoms with E-state index >= 15 is 0 Å². The first-order chi connectivity index (χ1) is 13.6. The van der Waals surface area contributed by atoms with Crippen molar-refractivity contribution in [1.29, 1.82) is 0 Å². The maximum absolute atomic E-state index is 12.4. The van der Waals surface area contributed by atoms with Crippen molar-refractivity contribution in [2.24, 2.45) is 0 Å². The van der Waals surface area contributed by atoms with Crippen LogP contribution in [-0.2, 0) is 12.8 Å². The van der Waals surface area contributed by atoms with E-state index in [0.717, 1.165) is 5.82 Å². The summed E-state index contributed by atoms with van der Waals surface area (Å²) in [6, 6.07) is 13.4. The average Bonchev–Trinajstić information content (AvgIpc) is 3.16. The molecule has 7 nitrogen and oxygen atoms in total. The summed E-state index contributed by atoms with van der Waals surface area (Å²) in [5, 5.41) is 10.1. The predicted octanol–water partition coefficient (Wildman–Crippen LogP) is 2.69. The van der Waals surface area contributed by atoms with Crippen molar-refractivity contribution in [2.45, 2.75) is 19.8 Å². The molecule has 0 aliphatic rings. The molecule has 1 amide bonds. The number of rotatable bonds is 8. The Bertz CT molecular complexity index is 913. The number of carbonyl (C=O) groups is 1. The molecule has 28 heavy (non-hydrogen) atoms. The molecule has 2 N–H and O–H groups in total. The summed E-state index contributed by atoms with van der Waals surface area (Å²) in [7, 11) is 3.10. The standard InChI is InChI=1S/C21H24N4O3/c1-14-4-6-15(7-5-14)10-20-23-19(24-25-20)8-9-22-21(26)16-11-17(27-2)13-18(12-16)28-3/h4-7,11-13H,8-10H2,1-3H3,(H,22,26)(H,23,24,25). The number of aryl methyl sites for hydroxylation is 1. The summed E-state index contributed by atoms with van der Waals surface area (Å²) in [6.07, 6.45) is 1.24. The van der Waals surface area contributed by atoms with Gasteiger partial charge in [0.05, 0.1) is 14.2 Å². The van der Waals surface area contributed by atoms with Crippen molar-refractivity contribution in [1.82, 2.24) is 20.5 Å². The number of methoxy groups -OCH3 is 2. The molecule has 0 spiro atoms. The van der Waals surface area contributed by atoms with Gasteiger partial charge in [0.1, 0.15) is 17.3 Å². The number of aromatic amines is 1. The van der Waals surface area contributed by atoms with E-state index in [4.69, 9.17) is 9.47 Å². The molecule has 0 unspecified atom stereocenters. The van der Waals surface area contributed by atoms with E-state index in [-0.39, 0.29) is 5.91 Å². The van der Waals surface area contributed by atoms with E-state index in [1.807, 2.05) is 0 Å². The lowest BCUT2D eigenvalue weighted by atomic mass is 10.1. The van der Waals surface area contributed by atoms with Crippen molar-refractivity contribution in [2.75, 3.05) is 20.8 Å². The van der Waals surface area contributed by atoms with E-state index in [1.54, 1.807) is 32.4 Å². The Balaban J connectivity index is 1.53. The number of aromatic nitrogens is 3. The number of benzene rings is 2. The lowest BCUT2D eigenvalue weighted by Gasteiger charge is -2.08. The second-order valence-corrected chi connectivity index (χ2v) is 6.47. The van der Waals surface area contributed by atoms with E-state index in [9.17, 15) is 4.79 Å². The first-order valence-electron chi connectivity index (χ1n) is 9.04. The van der Waals surface area contributed by atoms with Gasteiger partial charge >= 0.3 is 0 Å². The minimum absolute atomic E-state index is 0.201. The fourth-order valence-corrected chi connectivity index (χ4v) is 2.75. The highest BCUT2D eigenvalue weighted by molar-refractivity contribution is 5.95. The topological polar surface area (TPSA) is 89.1 Å². The van der Waals surface area contributed by atoms with Gasteiger partial charge in [0.25, 0.3) is 5.91 Å². The largest absolute Gasteiger partial charge is 0.497 e. The van der Waals surface area contributed by atoms with Crippen molar-refractivity contribution in [3.8, 4) is 11.5 Å². The highest BCUT2D eigenvalue weighted by atomic mass is 16.5. The lowest BCUT2D eigenvalue weighted by Crippen LogP contribution is -2.26. The van der Waals surface area contributed by atoms with Crippen LogP contribution in [-0.4, -0.2) is 41.9 Å². The Hall–Kier alpha value is -3.35. The number of hydrogen-bond acceptors (Lipinski definition) is 5. The first-order valence-corrected chi connectivity index (χ1v) is 9.04. The van der Waals surface area contributed by atoms with Gasteiger partial charge in [-0.25, -0.2) is 4.98 Å². The van der Waals surface area contributed by atoms with Crippen molar-refractivity contribution >= 4 is 5.91 Å². The maximum atomic E-state index is 12.4. The number of hydrogen-bond donors (Lipinski definition) is 2. The van der Waals surface area contributed by atoms with Crippen LogP contribution in [0.25, 0.3) is 0 Å². The molecule has 0 aliphatic heterocycles. The molecule has 146 valence electrons.